The number of aryl methyl sites for hydroxylation is 1. The number of hydrogen-bond donors (Lipinski definition) is 0. The van der Waals surface area contributed by atoms with Gasteiger partial charge in [-0.05, 0) is 36.8 Å². The molecule has 0 saturated heterocycles. The summed E-state index contributed by atoms with van der Waals surface area (Å²) >= 11 is 0. The third-order valence-electron chi connectivity index (χ3n) is 3.36. The van der Waals surface area contributed by atoms with E-state index >= 15 is 0 Å². The number of benzene rings is 1. The van der Waals surface area contributed by atoms with Crippen LogP contribution in [-0.4, -0.2) is 9.97 Å². The zero-order valence-corrected chi connectivity index (χ0v) is 11.6. The molecule has 0 unspecified atom stereocenters. The van der Waals surface area contributed by atoms with E-state index in [1.54, 1.807) is 24.7 Å². The van der Waals surface area contributed by atoms with Crippen LogP contribution >= 0.6 is 0 Å². The molecule has 1 aromatic carbocycles. The first kappa shape index (κ1) is 14.3. The van der Waals surface area contributed by atoms with Crippen LogP contribution in [0.5, 0.6) is 0 Å². The van der Waals surface area contributed by atoms with Crippen molar-refractivity contribution in [3.8, 4) is 22.4 Å². The maximum Gasteiger partial charge on any atom is 0.194 e. The lowest BCUT2D eigenvalue weighted by molar-refractivity contribution is 0.447. The van der Waals surface area contributed by atoms with Gasteiger partial charge in [-0.25, -0.2) is 13.2 Å². The van der Waals surface area contributed by atoms with Gasteiger partial charge < -0.3 is 0 Å². The summed E-state index contributed by atoms with van der Waals surface area (Å²) < 4.78 is 39.7. The molecule has 110 valence electrons. The average molecular weight is 300 g/mol. The number of halogens is 3. The predicted molar refractivity (Wildman–Crippen MR) is 77.5 cm³/mol. The first-order chi connectivity index (χ1) is 10.6. The highest BCUT2D eigenvalue weighted by Crippen LogP contribution is 2.27. The molecule has 3 aromatic rings. The molecule has 0 saturated carbocycles. The minimum Gasteiger partial charge on any atom is -0.264 e. The molecule has 0 atom stereocenters. The second kappa shape index (κ2) is 5.60. The van der Waals surface area contributed by atoms with Crippen LogP contribution in [0, 0.1) is 24.4 Å². The summed E-state index contributed by atoms with van der Waals surface area (Å²) in [5.41, 5.74) is 3.22. The first-order valence-corrected chi connectivity index (χ1v) is 6.58. The molecule has 0 amide bonds. The molecular weight excluding hydrogens is 289 g/mol. The van der Waals surface area contributed by atoms with Crippen LogP contribution in [0.4, 0.5) is 13.2 Å². The van der Waals surface area contributed by atoms with Crippen LogP contribution in [0.25, 0.3) is 22.4 Å². The lowest BCUT2D eigenvalue weighted by Gasteiger charge is -2.08. The molecule has 2 heterocycles. The van der Waals surface area contributed by atoms with Gasteiger partial charge in [0.1, 0.15) is 0 Å². The minimum absolute atomic E-state index is 0.192. The van der Waals surface area contributed by atoms with Crippen molar-refractivity contribution in [2.45, 2.75) is 6.92 Å². The Morgan fingerprint density at radius 3 is 2.23 bits per heavy atom. The number of hydrogen-bond acceptors (Lipinski definition) is 2. The second-order valence-corrected chi connectivity index (χ2v) is 4.88. The zero-order chi connectivity index (χ0) is 15.7. The van der Waals surface area contributed by atoms with E-state index in [0.29, 0.717) is 5.69 Å². The molecule has 22 heavy (non-hydrogen) atoms. The van der Waals surface area contributed by atoms with E-state index in [1.807, 2.05) is 19.1 Å². The van der Waals surface area contributed by atoms with E-state index < -0.39 is 17.5 Å². The monoisotopic (exact) mass is 300 g/mol. The van der Waals surface area contributed by atoms with Crippen LogP contribution < -0.4 is 0 Å². The predicted octanol–water partition coefficient (Wildman–Crippen LogP) is 4.54. The highest BCUT2D eigenvalue weighted by atomic mass is 19.2. The van der Waals surface area contributed by atoms with Crippen LogP contribution in [0.1, 0.15) is 5.56 Å². The van der Waals surface area contributed by atoms with Crippen molar-refractivity contribution in [2.24, 2.45) is 0 Å². The molecule has 0 bridgehead atoms. The van der Waals surface area contributed by atoms with E-state index in [9.17, 15) is 13.2 Å². The fourth-order valence-electron chi connectivity index (χ4n) is 2.24. The smallest absolute Gasteiger partial charge is 0.194 e. The van der Waals surface area contributed by atoms with Crippen molar-refractivity contribution in [2.75, 3.05) is 0 Å². The van der Waals surface area contributed by atoms with Crippen molar-refractivity contribution in [1.29, 1.82) is 0 Å². The second-order valence-electron chi connectivity index (χ2n) is 4.88. The number of rotatable bonds is 2. The van der Waals surface area contributed by atoms with E-state index in [4.69, 9.17) is 0 Å². The topological polar surface area (TPSA) is 25.8 Å². The van der Waals surface area contributed by atoms with Gasteiger partial charge >= 0.3 is 0 Å². The van der Waals surface area contributed by atoms with E-state index in [-0.39, 0.29) is 5.56 Å². The summed E-state index contributed by atoms with van der Waals surface area (Å²) in [6.07, 6.45) is 4.99. The number of pyridine rings is 2. The normalized spacial score (nSPS) is 10.7. The van der Waals surface area contributed by atoms with E-state index in [0.717, 1.165) is 28.8 Å². The van der Waals surface area contributed by atoms with Gasteiger partial charge in [0.15, 0.2) is 17.5 Å². The van der Waals surface area contributed by atoms with Crippen molar-refractivity contribution in [3.05, 3.63) is 71.9 Å². The summed E-state index contributed by atoms with van der Waals surface area (Å²) in [5.74, 6) is -3.94. The Labute approximate surface area is 125 Å². The largest absolute Gasteiger partial charge is 0.264 e. The fourth-order valence-corrected chi connectivity index (χ4v) is 2.24. The first-order valence-electron chi connectivity index (χ1n) is 6.58. The van der Waals surface area contributed by atoms with Crippen LogP contribution in [0.2, 0.25) is 0 Å². The Balaban J connectivity index is 2.06. The third kappa shape index (κ3) is 2.57. The zero-order valence-electron chi connectivity index (χ0n) is 11.6. The van der Waals surface area contributed by atoms with Crippen LogP contribution in [0.3, 0.4) is 0 Å². The Hall–Kier alpha value is -2.69. The molecule has 2 aromatic heterocycles. The van der Waals surface area contributed by atoms with E-state index in [2.05, 4.69) is 9.97 Å². The van der Waals surface area contributed by atoms with Gasteiger partial charge in [0.25, 0.3) is 0 Å². The lowest BCUT2D eigenvalue weighted by atomic mass is 10.0. The SMILES string of the molecule is Cc1cc(-c2cc(F)c(F)c(F)c2)ncc1-c1cccnc1. The molecule has 3 rings (SSSR count). The molecule has 0 N–H and O–H groups in total. The Morgan fingerprint density at radius 2 is 1.64 bits per heavy atom. The maximum atomic E-state index is 13.3. The fraction of sp³-hybridized carbons (Fsp3) is 0.0588. The third-order valence-corrected chi connectivity index (χ3v) is 3.36. The quantitative estimate of drug-likeness (QED) is 0.649. The molecule has 0 aliphatic heterocycles. The van der Waals surface area contributed by atoms with Gasteiger partial charge in [-0.2, -0.15) is 0 Å². The molecule has 2 nitrogen and oxygen atoms in total. The molecule has 0 spiro atoms. The Kier molecular flexibility index (Phi) is 3.63. The van der Waals surface area contributed by atoms with Gasteiger partial charge in [0.05, 0.1) is 5.69 Å². The van der Waals surface area contributed by atoms with Gasteiger partial charge in [-0.15, -0.1) is 0 Å². The molecule has 0 fully saturated rings. The number of nitrogens with zero attached hydrogens (tertiary/aromatic N) is 2. The van der Waals surface area contributed by atoms with Crippen molar-refractivity contribution in [3.63, 3.8) is 0 Å². The lowest BCUT2D eigenvalue weighted by Crippen LogP contribution is -1.94. The highest BCUT2D eigenvalue weighted by molar-refractivity contribution is 5.69. The molecule has 0 radical (unpaired) electrons. The van der Waals surface area contributed by atoms with Crippen molar-refractivity contribution in [1.82, 2.24) is 9.97 Å². The Morgan fingerprint density at radius 1 is 0.909 bits per heavy atom. The highest BCUT2D eigenvalue weighted by Gasteiger charge is 2.13. The van der Waals surface area contributed by atoms with Crippen molar-refractivity contribution >= 4 is 0 Å². The summed E-state index contributed by atoms with van der Waals surface area (Å²) in [6.45, 7) is 1.86. The summed E-state index contributed by atoms with van der Waals surface area (Å²) in [6, 6.07) is 7.28. The molecule has 0 aliphatic rings. The molecule has 0 aliphatic carbocycles. The van der Waals surface area contributed by atoms with Gasteiger partial charge in [0.2, 0.25) is 0 Å². The van der Waals surface area contributed by atoms with Crippen LogP contribution in [-0.2, 0) is 0 Å². The maximum absolute atomic E-state index is 13.3. The molecular formula is C17H11F3N2. The summed E-state index contributed by atoms with van der Waals surface area (Å²) in [5, 5.41) is 0. The standard InChI is InChI=1S/C17H11F3N2/c1-10-5-16(12-6-14(18)17(20)15(19)7-12)22-9-13(10)11-3-2-4-21-8-11/h2-9H,1H3. The Bertz CT molecular complexity index is 810. The van der Waals surface area contributed by atoms with Crippen LogP contribution in [0.15, 0.2) is 48.9 Å². The molecule has 5 heteroatoms. The minimum atomic E-state index is -1.48. The average Bonchev–Trinajstić information content (AvgIpc) is 2.53. The van der Waals surface area contributed by atoms with Gasteiger partial charge in [0, 0.05) is 35.3 Å². The summed E-state index contributed by atoms with van der Waals surface area (Å²) in [7, 11) is 0. The van der Waals surface area contributed by atoms with Gasteiger partial charge in [-0.1, -0.05) is 6.07 Å². The van der Waals surface area contributed by atoms with Crippen molar-refractivity contribution < 1.29 is 13.2 Å². The van der Waals surface area contributed by atoms with Gasteiger partial charge in [-0.3, -0.25) is 9.97 Å². The van der Waals surface area contributed by atoms with E-state index in [1.165, 1.54) is 0 Å². The number of aromatic nitrogens is 2. The summed E-state index contributed by atoms with van der Waals surface area (Å²) in [4.78, 5) is 8.26.